The van der Waals surface area contributed by atoms with Gasteiger partial charge in [-0.1, -0.05) is 19.3 Å². The van der Waals surface area contributed by atoms with E-state index in [0.717, 1.165) is 12.2 Å². The molecule has 1 aliphatic rings. The maximum Gasteiger partial charge on any atom is 0.161 e. The standard InChI is InChI=1S/C16H24N2O/c1-3-18(13-7-5-4-6-8-13)14-9-10-16(17)15(11-14)12(2)19/h9-11,13H,3-8,17H2,1-2H3. The first-order chi connectivity index (χ1) is 9.13. The third kappa shape index (κ3) is 3.09. The van der Waals surface area contributed by atoms with Gasteiger partial charge >= 0.3 is 0 Å². The Morgan fingerprint density at radius 1 is 1.32 bits per heavy atom. The van der Waals surface area contributed by atoms with Crippen LogP contribution in [-0.4, -0.2) is 18.4 Å². The lowest BCUT2D eigenvalue weighted by Gasteiger charge is -2.35. The zero-order chi connectivity index (χ0) is 13.8. The van der Waals surface area contributed by atoms with Crippen LogP contribution in [0.1, 0.15) is 56.3 Å². The van der Waals surface area contributed by atoms with Crippen LogP contribution < -0.4 is 10.6 Å². The molecule has 19 heavy (non-hydrogen) atoms. The molecule has 0 atom stereocenters. The minimum absolute atomic E-state index is 0.0408. The van der Waals surface area contributed by atoms with Gasteiger partial charge in [-0.25, -0.2) is 0 Å². The zero-order valence-electron chi connectivity index (χ0n) is 12.0. The highest BCUT2D eigenvalue weighted by Gasteiger charge is 2.21. The van der Waals surface area contributed by atoms with Gasteiger partial charge in [0.2, 0.25) is 0 Å². The number of ketones is 1. The molecule has 1 aromatic carbocycles. The van der Waals surface area contributed by atoms with Gasteiger partial charge in [-0.2, -0.15) is 0 Å². The van der Waals surface area contributed by atoms with Crippen LogP contribution in [0.3, 0.4) is 0 Å². The first kappa shape index (κ1) is 13.9. The molecule has 1 fully saturated rings. The molecule has 104 valence electrons. The van der Waals surface area contributed by atoms with Gasteiger partial charge in [0.25, 0.3) is 0 Å². The quantitative estimate of drug-likeness (QED) is 0.664. The zero-order valence-corrected chi connectivity index (χ0v) is 12.0. The summed E-state index contributed by atoms with van der Waals surface area (Å²) in [5, 5.41) is 0. The minimum Gasteiger partial charge on any atom is -0.398 e. The number of nitrogens with two attached hydrogens (primary N) is 1. The van der Waals surface area contributed by atoms with Crippen molar-refractivity contribution in [3.8, 4) is 0 Å². The van der Waals surface area contributed by atoms with Crippen LogP contribution in [0, 0.1) is 0 Å². The number of benzene rings is 1. The van der Waals surface area contributed by atoms with E-state index in [9.17, 15) is 4.79 Å². The van der Waals surface area contributed by atoms with E-state index in [1.54, 1.807) is 6.92 Å². The average Bonchev–Trinajstić information content (AvgIpc) is 2.42. The monoisotopic (exact) mass is 260 g/mol. The molecular formula is C16H24N2O. The van der Waals surface area contributed by atoms with Crippen molar-refractivity contribution in [1.82, 2.24) is 0 Å². The van der Waals surface area contributed by atoms with Crippen LogP contribution >= 0.6 is 0 Å². The molecule has 0 spiro atoms. The van der Waals surface area contributed by atoms with Crippen LogP contribution in [0.25, 0.3) is 0 Å². The SMILES string of the molecule is CCN(c1ccc(N)c(C(C)=O)c1)C1CCCCC1. The molecule has 1 saturated carbocycles. The van der Waals surface area contributed by atoms with E-state index in [1.165, 1.54) is 32.1 Å². The first-order valence-corrected chi connectivity index (χ1v) is 7.30. The molecule has 3 heteroatoms. The Hall–Kier alpha value is -1.51. The van der Waals surface area contributed by atoms with Crippen molar-refractivity contribution in [1.29, 1.82) is 0 Å². The average molecular weight is 260 g/mol. The molecule has 3 nitrogen and oxygen atoms in total. The molecule has 0 amide bonds. The van der Waals surface area contributed by atoms with Crippen molar-refractivity contribution in [2.75, 3.05) is 17.2 Å². The molecule has 1 aromatic rings. The molecule has 0 bridgehead atoms. The number of hydrogen-bond donors (Lipinski definition) is 1. The lowest BCUT2D eigenvalue weighted by atomic mass is 9.93. The smallest absolute Gasteiger partial charge is 0.161 e. The van der Waals surface area contributed by atoms with Crippen LogP contribution in [0.5, 0.6) is 0 Å². The summed E-state index contributed by atoms with van der Waals surface area (Å²) in [7, 11) is 0. The lowest BCUT2D eigenvalue weighted by molar-refractivity contribution is 0.101. The fourth-order valence-electron chi connectivity index (χ4n) is 3.07. The Balaban J connectivity index is 2.27. The number of hydrogen-bond acceptors (Lipinski definition) is 3. The molecule has 0 unspecified atom stereocenters. The van der Waals surface area contributed by atoms with E-state index in [1.807, 2.05) is 18.2 Å². The van der Waals surface area contributed by atoms with Crippen molar-refractivity contribution in [3.05, 3.63) is 23.8 Å². The maximum atomic E-state index is 11.6. The van der Waals surface area contributed by atoms with Crippen molar-refractivity contribution in [3.63, 3.8) is 0 Å². The molecule has 1 aliphatic carbocycles. The summed E-state index contributed by atoms with van der Waals surface area (Å²) in [6.45, 7) is 4.73. The number of Topliss-reactive ketones (excluding diaryl/α,β-unsaturated/α-hetero) is 1. The highest BCUT2D eigenvalue weighted by Crippen LogP contribution is 2.29. The normalized spacial score (nSPS) is 16.3. The molecule has 0 radical (unpaired) electrons. The topological polar surface area (TPSA) is 46.3 Å². The summed E-state index contributed by atoms with van der Waals surface area (Å²) in [6.07, 6.45) is 6.50. The summed E-state index contributed by atoms with van der Waals surface area (Å²) in [5.74, 6) is 0.0408. The van der Waals surface area contributed by atoms with Crippen molar-refractivity contribution in [2.45, 2.75) is 52.0 Å². The second-order valence-corrected chi connectivity index (χ2v) is 5.41. The van der Waals surface area contributed by atoms with E-state index >= 15 is 0 Å². The van der Waals surface area contributed by atoms with Gasteiger partial charge in [0.1, 0.15) is 0 Å². The van der Waals surface area contributed by atoms with E-state index in [4.69, 9.17) is 5.73 Å². The van der Waals surface area contributed by atoms with Gasteiger partial charge in [-0.05, 0) is 44.9 Å². The van der Waals surface area contributed by atoms with E-state index in [0.29, 0.717) is 17.3 Å². The van der Waals surface area contributed by atoms with Crippen LogP contribution in [0.2, 0.25) is 0 Å². The van der Waals surface area contributed by atoms with Gasteiger partial charge in [0, 0.05) is 29.5 Å². The Bertz CT molecular complexity index is 450. The molecule has 0 saturated heterocycles. The first-order valence-electron chi connectivity index (χ1n) is 7.30. The third-order valence-corrected chi connectivity index (χ3v) is 4.10. The Labute approximate surface area is 115 Å². The molecule has 0 aromatic heterocycles. The fraction of sp³-hybridized carbons (Fsp3) is 0.562. The fourth-order valence-corrected chi connectivity index (χ4v) is 3.07. The summed E-state index contributed by atoms with van der Waals surface area (Å²) in [4.78, 5) is 14.0. The Kier molecular flexibility index (Phi) is 4.46. The van der Waals surface area contributed by atoms with Crippen LogP contribution in [-0.2, 0) is 0 Å². The predicted octanol–water partition coefficient (Wildman–Crippen LogP) is 3.63. The van der Waals surface area contributed by atoms with Gasteiger partial charge < -0.3 is 10.6 Å². The molecule has 0 aliphatic heterocycles. The second-order valence-electron chi connectivity index (χ2n) is 5.41. The Morgan fingerprint density at radius 3 is 2.58 bits per heavy atom. The van der Waals surface area contributed by atoms with Crippen molar-refractivity contribution >= 4 is 17.2 Å². The molecule has 2 N–H and O–H groups in total. The summed E-state index contributed by atoms with van der Waals surface area (Å²) < 4.78 is 0. The van der Waals surface area contributed by atoms with Crippen LogP contribution in [0.15, 0.2) is 18.2 Å². The van der Waals surface area contributed by atoms with Crippen molar-refractivity contribution in [2.24, 2.45) is 0 Å². The van der Waals surface area contributed by atoms with E-state index < -0.39 is 0 Å². The minimum atomic E-state index is 0.0408. The highest BCUT2D eigenvalue weighted by molar-refractivity contribution is 6.00. The van der Waals surface area contributed by atoms with Crippen molar-refractivity contribution < 1.29 is 4.79 Å². The number of carbonyl (C=O) groups is 1. The Morgan fingerprint density at radius 2 is 2.00 bits per heavy atom. The highest BCUT2D eigenvalue weighted by atomic mass is 16.1. The largest absolute Gasteiger partial charge is 0.398 e. The molecule has 2 rings (SSSR count). The van der Waals surface area contributed by atoms with Gasteiger partial charge in [0.15, 0.2) is 5.78 Å². The summed E-state index contributed by atoms with van der Waals surface area (Å²) >= 11 is 0. The molecule has 0 heterocycles. The summed E-state index contributed by atoms with van der Waals surface area (Å²) in [6, 6.07) is 6.47. The third-order valence-electron chi connectivity index (χ3n) is 4.10. The molecular weight excluding hydrogens is 236 g/mol. The number of rotatable bonds is 4. The van der Waals surface area contributed by atoms with Gasteiger partial charge in [-0.15, -0.1) is 0 Å². The number of nitrogens with zero attached hydrogens (tertiary/aromatic N) is 1. The number of nitrogen functional groups attached to an aromatic ring is 1. The second kappa shape index (κ2) is 6.09. The maximum absolute atomic E-state index is 11.6. The lowest BCUT2D eigenvalue weighted by Crippen LogP contribution is -2.36. The predicted molar refractivity (Wildman–Crippen MR) is 80.8 cm³/mol. The van der Waals surface area contributed by atoms with Gasteiger partial charge in [-0.3, -0.25) is 4.79 Å². The van der Waals surface area contributed by atoms with Crippen LogP contribution in [0.4, 0.5) is 11.4 Å². The number of carbonyl (C=O) groups excluding carboxylic acids is 1. The van der Waals surface area contributed by atoms with Gasteiger partial charge in [0.05, 0.1) is 0 Å². The number of anilines is 2. The summed E-state index contributed by atoms with van der Waals surface area (Å²) in [5.41, 5.74) is 8.23. The van der Waals surface area contributed by atoms with E-state index in [2.05, 4.69) is 11.8 Å². The van der Waals surface area contributed by atoms with E-state index in [-0.39, 0.29) is 5.78 Å².